The first kappa shape index (κ1) is 16.5. The van der Waals surface area contributed by atoms with Gasteiger partial charge in [0, 0.05) is 32.7 Å². The number of hydrogen-bond donors (Lipinski definition) is 0. The van der Waals surface area contributed by atoms with Gasteiger partial charge in [-0.3, -0.25) is 14.6 Å². The van der Waals surface area contributed by atoms with Gasteiger partial charge < -0.3 is 0 Å². The van der Waals surface area contributed by atoms with Gasteiger partial charge in [-0.05, 0) is 27.8 Å². The lowest BCUT2D eigenvalue weighted by molar-refractivity contribution is 0.0848. The van der Waals surface area contributed by atoms with Crippen molar-refractivity contribution in [3.05, 3.63) is 70.4 Å². The highest BCUT2D eigenvalue weighted by Gasteiger charge is 2.20. The lowest BCUT2D eigenvalue weighted by Crippen LogP contribution is -2.47. The van der Waals surface area contributed by atoms with Crippen molar-refractivity contribution in [1.82, 2.24) is 9.80 Å². The number of hydrogen-bond acceptors (Lipinski definition) is 4. The Kier molecular flexibility index (Phi) is 4.92. The Morgan fingerprint density at radius 1 is 0.880 bits per heavy atom. The number of Topliss-reactive ketones (excluding diaryl/α,β-unsaturated/α-hetero) is 1. The molecule has 0 N–H and O–H groups in total. The normalized spacial score (nSPS) is 16.3. The zero-order chi connectivity index (χ0) is 17.1. The summed E-state index contributed by atoms with van der Waals surface area (Å²) in [6, 6.07) is 19.0. The number of ketones is 1. The van der Waals surface area contributed by atoms with Crippen molar-refractivity contribution in [3.8, 4) is 0 Å². The van der Waals surface area contributed by atoms with Gasteiger partial charge in [0.15, 0.2) is 5.78 Å². The molecule has 3 aromatic rings. The molecule has 0 saturated carbocycles. The van der Waals surface area contributed by atoms with Gasteiger partial charge in [0.1, 0.15) is 0 Å². The Hall–Kier alpha value is -2.01. The van der Waals surface area contributed by atoms with Crippen molar-refractivity contribution in [3.63, 3.8) is 0 Å². The van der Waals surface area contributed by atoms with E-state index in [0.29, 0.717) is 6.54 Å². The minimum atomic E-state index is 0.248. The van der Waals surface area contributed by atoms with E-state index >= 15 is 0 Å². The average molecular weight is 350 g/mol. The fourth-order valence-electron chi connectivity index (χ4n) is 3.50. The van der Waals surface area contributed by atoms with E-state index in [9.17, 15) is 4.79 Å². The van der Waals surface area contributed by atoms with E-state index in [1.54, 1.807) is 0 Å². The number of piperazine rings is 1. The molecule has 1 aromatic heterocycles. The number of nitrogens with zero attached hydrogens (tertiary/aromatic N) is 2. The second kappa shape index (κ2) is 7.48. The molecule has 2 heterocycles. The second-order valence-corrected chi connectivity index (χ2v) is 7.54. The van der Waals surface area contributed by atoms with Crippen molar-refractivity contribution in [2.24, 2.45) is 0 Å². The standard InChI is InChI=1S/C21H22N2OS/c24-20(21-9-4-14-25-21)16-23-12-10-22(11-13-23)15-18-7-3-6-17-5-1-2-8-19(17)18/h1-9,14H,10-13,15-16H2. The summed E-state index contributed by atoms with van der Waals surface area (Å²) in [4.78, 5) is 17.9. The van der Waals surface area contributed by atoms with Gasteiger partial charge in [-0.15, -0.1) is 11.3 Å². The van der Waals surface area contributed by atoms with Crippen LogP contribution < -0.4 is 0 Å². The number of thiophene rings is 1. The van der Waals surface area contributed by atoms with Crippen LogP contribution in [0.3, 0.4) is 0 Å². The minimum absolute atomic E-state index is 0.248. The molecule has 25 heavy (non-hydrogen) atoms. The van der Waals surface area contributed by atoms with Crippen LogP contribution in [0.5, 0.6) is 0 Å². The molecule has 128 valence electrons. The highest BCUT2D eigenvalue weighted by molar-refractivity contribution is 7.12. The molecule has 0 amide bonds. The number of carbonyl (C=O) groups is 1. The van der Waals surface area contributed by atoms with Gasteiger partial charge in [0.2, 0.25) is 0 Å². The van der Waals surface area contributed by atoms with Gasteiger partial charge in [0.25, 0.3) is 0 Å². The van der Waals surface area contributed by atoms with E-state index in [1.807, 2.05) is 17.5 Å². The Bertz CT molecular complexity index is 846. The number of carbonyl (C=O) groups excluding carboxylic acids is 1. The monoisotopic (exact) mass is 350 g/mol. The zero-order valence-electron chi connectivity index (χ0n) is 14.2. The van der Waals surface area contributed by atoms with Crippen LogP contribution in [0.15, 0.2) is 60.0 Å². The third-order valence-electron chi connectivity index (χ3n) is 4.90. The summed E-state index contributed by atoms with van der Waals surface area (Å²) in [7, 11) is 0. The van der Waals surface area contributed by atoms with Gasteiger partial charge in [-0.1, -0.05) is 48.5 Å². The maximum absolute atomic E-state index is 12.2. The molecular formula is C21H22N2OS. The van der Waals surface area contributed by atoms with Gasteiger partial charge >= 0.3 is 0 Å². The van der Waals surface area contributed by atoms with E-state index in [-0.39, 0.29) is 5.78 Å². The molecule has 0 spiro atoms. The molecule has 1 aliphatic heterocycles. The van der Waals surface area contributed by atoms with E-state index in [1.165, 1.54) is 27.7 Å². The Labute approximate surface area is 152 Å². The predicted octanol–water partition coefficient (Wildman–Crippen LogP) is 3.90. The summed E-state index contributed by atoms with van der Waals surface area (Å²) >= 11 is 1.54. The molecule has 0 aliphatic carbocycles. The third-order valence-corrected chi connectivity index (χ3v) is 5.81. The largest absolute Gasteiger partial charge is 0.297 e. The van der Waals surface area contributed by atoms with Crippen molar-refractivity contribution in [2.75, 3.05) is 32.7 Å². The van der Waals surface area contributed by atoms with E-state index in [0.717, 1.165) is 37.6 Å². The molecule has 0 radical (unpaired) electrons. The molecule has 0 bridgehead atoms. The minimum Gasteiger partial charge on any atom is -0.297 e. The van der Waals surface area contributed by atoms with Crippen LogP contribution in [0.2, 0.25) is 0 Å². The molecular weight excluding hydrogens is 328 g/mol. The maximum atomic E-state index is 12.2. The topological polar surface area (TPSA) is 23.6 Å². The molecule has 4 heteroatoms. The van der Waals surface area contributed by atoms with E-state index in [4.69, 9.17) is 0 Å². The molecule has 3 nitrogen and oxygen atoms in total. The van der Waals surface area contributed by atoms with Gasteiger partial charge in [-0.2, -0.15) is 0 Å². The first-order valence-electron chi connectivity index (χ1n) is 8.78. The quantitative estimate of drug-likeness (QED) is 0.652. The van der Waals surface area contributed by atoms with Crippen molar-refractivity contribution in [1.29, 1.82) is 0 Å². The Morgan fingerprint density at radius 2 is 1.64 bits per heavy atom. The molecule has 1 fully saturated rings. The Balaban J connectivity index is 1.35. The molecule has 1 aliphatic rings. The summed E-state index contributed by atoms with van der Waals surface area (Å²) in [6.07, 6.45) is 0. The van der Waals surface area contributed by atoms with Crippen molar-refractivity contribution < 1.29 is 4.79 Å². The smallest absolute Gasteiger partial charge is 0.186 e. The fourth-order valence-corrected chi connectivity index (χ4v) is 4.15. The van der Waals surface area contributed by atoms with Crippen molar-refractivity contribution >= 4 is 27.9 Å². The highest BCUT2D eigenvalue weighted by Crippen LogP contribution is 2.20. The fraction of sp³-hybridized carbons (Fsp3) is 0.286. The van der Waals surface area contributed by atoms with Crippen LogP contribution in [0.1, 0.15) is 15.2 Å². The van der Waals surface area contributed by atoms with Crippen LogP contribution in [0.4, 0.5) is 0 Å². The van der Waals surface area contributed by atoms with Crippen LogP contribution in [-0.4, -0.2) is 48.3 Å². The number of benzene rings is 2. The molecule has 0 atom stereocenters. The average Bonchev–Trinajstić information content (AvgIpc) is 3.19. The van der Waals surface area contributed by atoms with Crippen molar-refractivity contribution in [2.45, 2.75) is 6.54 Å². The lowest BCUT2D eigenvalue weighted by atomic mass is 10.0. The van der Waals surface area contributed by atoms with Crippen LogP contribution in [-0.2, 0) is 6.54 Å². The first-order valence-corrected chi connectivity index (χ1v) is 9.65. The summed E-state index contributed by atoms with van der Waals surface area (Å²) < 4.78 is 0. The van der Waals surface area contributed by atoms with Crippen LogP contribution in [0, 0.1) is 0 Å². The van der Waals surface area contributed by atoms with Crippen LogP contribution in [0.25, 0.3) is 10.8 Å². The molecule has 1 saturated heterocycles. The third kappa shape index (κ3) is 3.82. The summed E-state index contributed by atoms with van der Waals surface area (Å²) in [5.74, 6) is 0.248. The second-order valence-electron chi connectivity index (χ2n) is 6.59. The Morgan fingerprint density at radius 3 is 2.44 bits per heavy atom. The van der Waals surface area contributed by atoms with Gasteiger partial charge in [-0.25, -0.2) is 0 Å². The van der Waals surface area contributed by atoms with Gasteiger partial charge in [0.05, 0.1) is 11.4 Å². The van der Waals surface area contributed by atoms with Crippen LogP contribution >= 0.6 is 11.3 Å². The number of fused-ring (bicyclic) bond motifs is 1. The summed E-state index contributed by atoms with van der Waals surface area (Å²) in [5.41, 5.74) is 1.39. The summed E-state index contributed by atoms with van der Waals surface area (Å²) in [5, 5.41) is 4.62. The predicted molar refractivity (Wildman–Crippen MR) is 104 cm³/mol. The number of rotatable bonds is 5. The van der Waals surface area contributed by atoms with E-state index < -0.39 is 0 Å². The summed E-state index contributed by atoms with van der Waals surface area (Å²) in [6.45, 7) is 5.47. The molecule has 2 aromatic carbocycles. The maximum Gasteiger partial charge on any atom is 0.186 e. The highest BCUT2D eigenvalue weighted by atomic mass is 32.1. The van der Waals surface area contributed by atoms with E-state index in [2.05, 4.69) is 52.3 Å². The SMILES string of the molecule is O=C(CN1CCN(Cc2cccc3ccccc23)CC1)c1cccs1. The lowest BCUT2D eigenvalue weighted by Gasteiger charge is -2.34. The zero-order valence-corrected chi connectivity index (χ0v) is 15.0. The molecule has 4 rings (SSSR count). The first-order chi connectivity index (χ1) is 12.3. The molecule has 0 unspecified atom stereocenters.